The van der Waals surface area contributed by atoms with Gasteiger partial charge in [0.05, 0.1) is 22.9 Å². The summed E-state index contributed by atoms with van der Waals surface area (Å²) in [6.07, 6.45) is 1.99. The second-order valence-corrected chi connectivity index (χ2v) is 8.32. The molecule has 3 heterocycles. The fraction of sp³-hybridized carbons (Fsp3) is 0.375. The largest absolute Gasteiger partial charge is 0.416 e. The number of aryl methyl sites for hydroxylation is 1. The van der Waals surface area contributed by atoms with Gasteiger partial charge in [0, 0.05) is 11.4 Å². The van der Waals surface area contributed by atoms with Crippen LogP contribution in [0.2, 0.25) is 0 Å². The Hall–Kier alpha value is -2.73. The van der Waals surface area contributed by atoms with E-state index in [0.717, 1.165) is 35.3 Å². The van der Waals surface area contributed by atoms with Crippen LogP contribution in [0.3, 0.4) is 0 Å². The number of H-pyrrole nitrogens is 1. The Morgan fingerprint density at radius 1 is 1.43 bits per heavy atom. The van der Waals surface area contributed by atoms with Gasteiger partial charge in [-0.25, -0.2) is 9.78 Å². The van der Waals surface area contributed by atoms with Gasteiger partial charge in [-0.1, -0.05) is 11.8 Å². The van der Waals surface area contributed by atoms with E-state index in [0.29, 0.717) is 12.3 Å². The number of nitrogens with two attached hydrogens (primary N) is 1. The molecule has 1 saturated carbocycles. The number of nitrogens with zero attached hydrogens (tertiary/aromatic N) is 4. The number of nitrogens with one attached hydrogen (secondary N) is 1. The van der Waals surface area contributed by atoms with Gasteiger partial charge in [0.15, 0.2) is 5.78 Å². The van der Waals surface area contributed by atoms with Crippen molar-refractivity contribution in [1.29, 1.82) is 0 Å². The van der Waals surface area contributed by atoms with Gasteiger partial charge in [-0.05, 0) is 19.8 Å². The summed E-state index contributed by atoms with van der Waals surface area (Å²) in [6, 6.07) is -0.0589. The van der Waals surface area contributed by atoms with Crippen LogP contribution in [0, 0.1) is 6.92 Å². The van der Waals surface area contributed by atoms with Crippen molar-refractivity contribution in [3.63, 3.8) is 0 Å². The molecule has 28 heavy (non-hydrogen) atoms. The minimum atomic E-state index is -0.782. The van der Waals surface area contributed by atoms with Gasteiger partial charge in [-0.2, -0.15) is 0 Å². The number of thioether (sulfide) groups is 1. The highest BCUT2D eigenvalue weighted by Crippen LogP contribution is 2.35. The van der Waals surface area contributed by atoms with Crippen molar-refractivity contribution in [1.82, 2.24) is 24.7 Å². The summed E-state index contributed by atoms with van der Waals surface area (Å²) in [7, 11) is 0. The third kappa shape index (κ3) is 3.78. The Bertz CT molecular complexity index is 1160. The minimum absolute atomic E-state index is 0.0589. The van der Waals surface area contributed by atoms with E-state index in [-0.39, 0.29) is 28.4 Å². The molecule has 0 unspecified atom stereocenters. The molecule has 4 rings (SSSR count). The molecular weight excluding hydrogens is 404 g/mol. The van der Waals surface area contributed by atoms with Crippen molar-refractivity contribution in [2.24, 2.45) is 0 Å². The van der Waals surface area contributed by atoms with E-state index in [1.54, 1.807) is 0 Å². The Labute approximate surface area is 166 Å². The number of Topliss-reactive ketones (excluding diaryl/α,β-unsaturated/α-hetero) is 1. The van der Waals surface area contributed by atoms with E-state index < -0.39 is 17.0 Å². The van der Waals surface area contributed by atoms with E-state index in [9.17, 15) is 14.4 Å². The molecular formula is C16H16N6O4S2. The summed E-state index contributed by atoms with van der Waals surface area (Å²) < 4.78 is 6.79. The van der Waals surface area contributed by atoms with Crippen LogP contribution in [-0.2, 0) is 6.42 Å². The van der Waals surface area contributed by atoms with Crippen molar-refractivity contribution >= 4 is 34.7 Å². The lowest BCUT2D eigenvalue weighted by Gasteiger charge is -2.10. The normalized spacial score (nSPS) is 13.8. The molecule has 10 nitrogen and oxygen atoms in total. The smallest absolute Gasteiger partial charge is 0.330 e. The Balaban J connectivity index is 1.46. The van der Waals surface area contributed by atoms with Gasteiger partial charge < -0.3 is 10.2 Å². The zero-order chi connectivity index (χ0) is 19.8. The molecule has 12 heteroatoms. The van der Waals surface area contributed by atoms with Crippen molar-refractivity contribution in [3.05, 3.63) is 48.4 Å². The van der Waals surface area contributed by atoms with Crippen LogP contribution in [0.15, 0.2) is 24.6 Å². The fourth-order valence-electron chi connectivity index (χ4n) is 2.74. The maximum atomic E-state index is 12.5. The molecule has 3 aromatic rings. The van der Waals surface area contributed by atoms with E-state index in [1.807, 2.05) is 12.3 Å². The average Bonchev–Trinajstić information content (AvgIpc) is 3.21. The van der Waals surface area contributed by atoms with Crippen molar-refractivity contribution in [2.75, 3.05) is 11.5 Å². The summed E-state index contributed by atoms with van der Waals surface area (Å²) in [5, 5.41) is 10.9. The number of aromatic nitrogens is 5. The van der Waals surface area contributed by atoms with Crippen LogP contribution in [0.5, 0.6) is 0 Å². The molecule has 0 saturated heterocycles. The number of ketones is 1. The SMILES string of the molecule is Cc1nc(Cc2nnc(SCC(=O)c3c(N)n(C4CC4)c(=O)[nH]c3=O)o2)cs1. The molecule has 1 aliphatic rings. The lowest BCUT2D eigenvalue weighted by molar-refractivity contribution is 0.102. The molecule has 0 atom stereocenters. The van der Waals surface area contributed by atoms with E-state index >= 15 is 0 Å². The van der Waals surface area contributed by atoms with E-state index in [4.69, 9.17) is 10.2 Å². The Morgan fingerprint density at radius 3 is 2.89 bits per heavy atom. The van der Waals surface area contributed by atoms with E-state index in [1.165, 1.54) is 15.9 Å². The molecule has 0 bridgehead atoms. The van der Waals surface area contributed by atoms with Crippen LogP contribution in [0.1, 0.15) is 45.8 Å². The highest BCUT2D eigenvalue weighted by Gasteiger charge is 2.30. The summed E-state index contributed by atoms with van der Waals surface area (Å²) in [4.78, 5) is 43.0. The molecule has 3 aromatic heterocycles. The van der Waals surface area contributed by atoms with Gasteiger partial charge >= 0.3 is 5.69 Å². The van der Waals surface area contributed by atoms with Crippen LogP contribution < -0.4 is 17.0 Å². The number of rotatable bonds is 7. The Morgan fingerprint density at radius 2 is 2.21 bits per heavy atom. The number of aromatic amines is 1. The zero-order valence-electron chi connectivity index (χ0n) is 14.8. The number of hydrogen-bond donors (Lipinski definition) is 2. The first kappa shape index (κ1) is 18.6. The number of hydrogen-bond acceptors (Lipinski definition) is 10. The minimum Gasteiger partial charge on any atom is -0.416 e. The monoisotopic (exact) mass is 420 g/mol. The maximum Gasteiger partial charge on any atom is 0.330 e. The lowest BCUT2D eigenvalue weighted by Crippen LogP contribution is -2.36. The molecule has 1 aliphatic carbocycles. The highest BCUT2D eigenvalue weighted by atomic mass is 32.2. The number of anilines is 1. The molecule has 1 fully saturated rings. The molecule has 0 radical (unpaired) electrons. The summed E-state index contributed by atoms with van der Waals surface area (Å²) in [5.41, 5.74) is 5.19. The van der Waals surface area contributed by atoms with Gasteiger partial charge in [0.1, 0.15) is 11.4 Å². The highest BCUT2D eigenvalue weighted by molar-refractivity contribution is 7.99. The molecule has 3 N–H and O–H groups in total. The van der Waals surface area contributed by atoms with Gasteiger partial charge in [0.25, 0.3) is 10.8 Å². The van der Waals surface area contributed by atoms with Gasteiger partial charge in [-0.15, -0.1) is 21.5 Å². The number of thiazole rings is 1. The molecule has 0 aliphatic heterocycles. The van der Waals surface area contributed by atoms with Crippen LogP contribution in [-0.4, -0.2) is 36.3 Å². The van der Waals surface area contributed by atoms with Gasteiger partial charge in [0.2, 0.25) is 5.89 Å². The van der Waals surface area contributed by atoms with Crippen molar-refractivity contribution in [3.8, 4) is 0 Å². The molecule has 0 spiro atoms. The predicted molar refractivity (Wildman–Crippen MR) is 103 cm³/mol. The first-order valence-corrected chi connectivity index (χ1v) is 10.3. The summed E-state index contributed by atoms with van der Waals surface area (Å²) in [6.45, 7) is 1.91. The number of carbonyl (C=O) groups is 1. The summed E-state index contributed by atoms with van der Waals surface area (Å²) >= 11 is 2.54. The second-order valence-electron chi connectivity index (χ2n) is 6.33. The van der Waals surface area contributed by atoms with E-state index in [2.05, 4.69) is 20.2 Å². The lowest BCUT2D eigenvalue weighted by atomic mass is 10.2. The Kier molecular flexibility index (Phi) is 4.89. The van der Waals surface area contributed by atoms with Crippen molar-refractivity contribution in [2.45, 2.75) is 37.5 Å². The van der Waals surface area contributed by atoms with Crippen LogP contribution in [0.4, 0.5) is 5.82 Å². The zero-order valence-corrected chi connectivity index (χ0v) is 16.4. The molecule has 146 valence electrons. The number of nitrogen functional groups attached to an aromatic ring is 1. The second kappa shape index (κ2) is 7.36. The average molecular weight is 420 g/mol. The first-order valence-electron chi connectivity index (χ1n) is 8.46. The van der Waals surface area contributed by atoms with Crippen molar-refractivity contribution < 1.29 is 9.21 Å². The molecule has 0 amide bonds. The third-order valence-corrected chi connectivity index (χ3v) is 5.79. The van der Waals surface area contributed by atoms with Crippen LogP contribution >= 0.6 is 23.1 Å². The summed E-state index contributed by atoms with van der Waals surface area (Å²) in [5.74, 6) is -0.326. The molecule has 0 aromatic carbocycles. The van der Waals surface area contributed by atoms with Crippen LogP contribution in [0.25, 0.3) is 0 Å². The fourth-order valence-corrected chi connectivity index (χ4v) is 4.01. The maximum absolute atomic E-state index is 12.5. The third-order valence-electron chi connectivity index (χ3n) is 4.15. The first-order chi connectivity index (χ1) is 13.4. The topological polar surface area (TPSA) is 150 Å². The quantitative estimate of drug-likeness (QED) is 0.424. The van der Waals surface area contributed by atoms with Gasteiger partial charge in [-0.3, -0.25) is 19.1 Å². The predicted octanol–water partition coefficient (Wildman–Crippen LogP) is 1.17. The number of carbonyl (C=O) groups excluding carboxylic acids is 1. The standard InChI is InChI=1S/C16H16N6O4S2/c1-7-18-8(5-27-7)4-11-20-21-16(26-11)28-6-10(23)12-13(17)22(9-2-3-9)15(25)19-14(12)24/h5,9H,2-4,6,17H2,1H3,(H,19,24,25).